The van der Waals surface area contributed by atoms with Crippen LogP contribution in [0.3, 0.4) is 0 Å². The first-order valence-corrected chi connectivity index (χ1v) is 9.57. The zero-order chi connectivity index (χ0) is 20.1. The van der Waals surface area contributed by atoms with Gasteiger partial charge in [0.05, 0.1) is 18.2 Å². The fourth-order valence-corrected chi connectivity index (χ4v) is 3.42. The predicted molar refractivity (Wildman–Crippen MR) is 116 cm³/mol. The van der Waals surface area contributed by atoms with E-state index in [9.17, 15) is 9.59 Å². The maximum Gasteiger partial charge on any atom is 0.254 e. The Balaban J connectivity index is 0.00000300. The van der Waals surface area contributed by atoms with E-state index in [0.717, 1.165) is 5.56 Å². The van der Waals surface area contributed by atoms with Crippen LogP contribution in [0.4, 0.5) is 5.69 Å². The average Bonchev–Trinajstić information content (AvgIpc) is 2.68. The molecule has 6 nitrogen and oxygen atoms in total. The summed E-state index contributed by atoms with van der Waals surface area (Å²) in [6.45, 7) is 5.09. The number of nitrogens with zero attached hydrogens (tertiary/aromatic N) is 1. The van der Waals surface area contributed by atoms with Crippen molar-refractivity contribution in [3.63, 3.8) is 0 Å². The van der Waals surface area contributed by atoms with Gasteiger partial charge in [-0.2, -0.15) is 0 Å². The molecule has 0 radical (unpaired) electrons. The maximum atomic E-state index is 12.7. The Morgan fingerprint density at radius 1 is 1.07 bits per heavy atom. The van der Waals surface area contributed by atoms with Gasteiger partial charge < -0.3 is 20.7 Å². The Hall–Kier alpha value is -2.41. The van der Waals surface area contributed by atoms with E-state index < -0.39 is 6.04 Å². The lowest BCUT2D eigenvalue weighted by atomic mass is 10.1. The Labute approximate surface area is 177 Å². The molecule has 29 heavy (non-hydrogen) atoms. The van der Waals surface area contributed by atoms with Crippen LogP contribution < -0.4 is 11.1 Å². The molecular weight excluding hydrogens is 390 g/mol. The van der Waals surface area contributed by atoms with E-state index >= 15 is 0 Å². The summed E-state index contributed by atoms with van der Waals surface area (Å²) in [5.41, 5.74) is 8.24. The molecule has 2 aromatic carbocycles. The SMILES string of the molecule is CC1CN(C(=O)c2ccc(NC(=O)[C@@H](N)Cc3ccccc3)cc2)CC(C)O1.Cl. The van der Waals surface area contributed by atoms with Crippen molar-refractivity contribution in [2.45, 2.75) is 38.5 Å². The number of anilines is 1. The van der Waals surface area contributed by atoms with Crippen molar-refractivity contribution in [2.24, 2.45) is 5.73 Å². The van der Waals surface area contributed by atoms with Crippen LogP contribution in [0.25, 0.3) is 0 Å². The highest BCUT2D eigenvalue weighted by atomic mass is 35.5. The average molecular weight is 418 g/mol. The van der Waals surface area contributed by atoms with E-state index in [1.54, 1.807) is 24.3 Å². The molecule has 1 saturated heterocycles. The van der Waals surface area contributed by atoms with Gasteiger partial charge in [0, 0.05) is 24.3 Å². The zero-order valence-electron chi connectivity index (χ0n) is 16.7. The molecule has 1 fully saturated rings. The van der Waals surface area contributed by atoms with E-state index in [2.05, 4.69) is 5.32 Å². The second kappa shape index (κ2) is 10.4. The van der Waals surface area contributed by atoms with Crippen molar-refractivity contribution in [1.82, 2.24) is 4.90 Å². The van der Waals surface area contributed by atoms with Gasteiger partial charge in [-0.05, 0) is 50.1 Å². The van der Waals surface area contributed by atoms with Crippen molar-refractivity contribution in [3.05, 3.63) is 65.7 Å². The summed E-state index contributed by atoms with van der Waals surface area (Å²) < 4.78 is 5.68. The molecule has 3 N–H and O–H groups in total. The van der Waals surface area contributed by atoms with Gasteiger partial charge in [-0.25, -0.2) is 0 Å². The molecule has 0 bridgehead atoms. The van der Waals surface area contributed by atoms with Crippen LogP contribution >= 0.6 is 12.4 Å². The second-order valence-electron chi connectivity index (χ2n) is 7.33. The monoisotopic (exact) mass is 417 g/mol. The number of nitrogens with two attached hydrogens (primary N) is 1. The van der Waals surface area contributed by atoms with E-state index in [-0.39, 0.29) is 36.4 Å². The number of rotatable bonds is 5. The topological polar surface area (TPSA) is 84.7 Å². The van der Waals surface area contributed by atoms with Gasteiger partial charge in [0.1, 0.15) is 0 Å². The fraction of sp³-hybridized carbons (Fsp3) is 0.364. The number of ether oxygens (including phenoxy) is 1. The van der Waals surface area contributed by atoms with Gasteiger partial charge in [0.25, 0.3) is 5.91 Å². The number of carbonyl (C=O) groups is 2. The van der Waals surface area contributed by atoms with Crippen LogP contribution in [-0.4, -0.2) is 48.1 Å². The fourth-order valence-electron chi connectivity index (χ4n) is 3.42. The second-order valence-corrected chi connectivity index (χ2v) is 7.33. The Bertz CT molecular complexity index is 804. The molecule has 0 aromatic heterocycles. The number of amides is 2. The van der Waals surface area contributed by atoms with Gasteiger partial charge in [0.2, 0.25) is 5.91 Å². The first-order valence-electron chi connectivity index (χ1n) is 9.57. The maximum absolute atomic E-state index is 12.7. The van der Waals surface area contributed by atoms with Gasteiger partial charge in [-0.1, -0.05) is 30.3 Å². The molecule has 7 heteroatoms. The number of hydrogen-bond acceptors (Lipinski definition) is 4. The molecule has 0 aliphatic carbocycles. The van der Waals surface area contributed by atoms with Crippen LogP contribution in [0.15, 0.2) is 54.6 Å². The lowest BCUT2D eigenvalue weighted by Crippen LogP contribution is -2.48. The summed E-state index contributed by atoms with van der Waals surface area (Å²) in [5, 5.41) is 2.81. The van der Waals surface area contributed by atoms with Crippen LogP contribution in [0, 0.1) is 0 Å². The minimum absolute atomic E-state index is 0. The summed E-state index contributed by atoms with van der Waals surface area (Å²) in [6.07, 6.45) is 0.520. The molecule has 0 saturated carbocycles. The number of benzene rings is 2. The van der Waals surface area contributed by atoms with Crippen LogP contribution in [0.5, 0.6) is 0 Å². The lowest BCUT2D eigenvalue weighted by Gasteiger charge is -2.35. The molecule has 1 aliphatic heterocycles. The van der Waals surface area contributed by atoms with Gasteiger partial charge in [0.15, 0.2) is 0 Å². The first-order chi connectivity index (χ1) is 13.4. The molecule has 1 aliphatic rings. The predicted octanol–water partition coefficient (Wildman–Crippen LogP) is 2.87. The number of carbonyl (C=O) groups excluding carboxylic acids is 2. The van der Waals surface area contributed by atoms with Crippen LogP contribution in [0.1, 0.15) is 29.8 Å². The molecule has 2 unspecified atom stereocenters. The normalized spacial score (nSPS) is 19.8. The standard InChI is InChI=1S/C22H27N3O3.ClH/c1-15-13-25(14-16(2)28-15)22(27)18-8-10-19(11-9-18)24-21(26)20(23)12-17-6-4-3-5-7-17;/h3-11,15-16,20H,12-14,23H2,1-2H3,(H,24,26);1H/t15?,16?,20-;/m0./s1. The largest absolute Gasteiger partial charge is 0.372 e. The molecule has 0 spiro atoms. The Morgan fingerprint density at radius 3 is 2.24 bits per heavy atom. The van der Waals surface area contributed by atoms with Crippen LogP contribution in [0.2, 0.25) is 0 Å². The first kappa shape index (κ1) is 22.9. The number of morpholine rings is 1. The summed E-state index contributed by atoms with van der Waals surface area (Å²) >= 11 is 0. The molecular formula is C22H28ClN3O3. The Morgan fingerprint density at radius 2 is 1.66 bits per heavy atom. The number of nitrogens with one attached hydrogen (secondary N) is 1. The highest BCUT2D eigenvalue weighted by Gasteiger charge is 2.26. The van der Waals surface area contributed by atoms with Crippen molar-refractivity contribution in [3.8, 4) is 0 Å². The summed E-state index contributed by atoms with van der Waals surface area (Å²) in [6, 6.07) is 15.9. The van der Waals surface area contributed by atoms with Gasteiger partial charge in [-0.15, -0.1) is 12.4 Å². The van der Waals surface area contributed by atoms with Crippen LogP contribution in [-0.2, 0) is 16.0 Å². The lowest BCUT2D eigenvalue weighted by molar-refractivity contribution is -0.117. The molecule has 1 heterocycles. The van der Waals surface area contributed by atoms with E-state index in [0.29, 0.717) is 30.8 Å². The van der Waals surface area contributed by atoms with E-state index in [1.165, 1.54) is 0 Å². The van der Waals surface area contributed by atoms with Crippen molar-refractivity contribution >= 4 is 29.9 Å². The van der Waals surface area contributed by atoms with Crippen molar-refractivity contribution < 1.29 is 14.3 Å². The minimum atomic E-state index is -0.639. The van der Waals surface area contributed by atoms with Gasteiger partial charge >= 0.3 is 0 Å². The number of hydrogen-bond donors (Lipinski definition) is 2. The summed E-state index contributed by atoms with van der Waals surface area (Å²) in [4.78, 5) is 26.8. The summed E-state index contributed by atoms with van der Waals surface area (Å²) in [7, 11) is 0. The van der Waals surface area contributed by atoms with Crippen molar-refractivity contribution in [1.29, 1.82) is 0 Å². The zero-order valence-corrected chi connectivity index (χ0v) is 17.5. The smallest absolute Gasteiger partial charge is 0.254 e. The third-order valence-electron chi connectivity index (χ3n) is 4.74. The third kappa shape index (κ3) is 6.29. The Kier molecular flexibility index (Phi) is 8.20. The molecule has 2 aromatic rings. The summed E-state index contributed by atoms with van der Waals surface area (Å²) in [5.74, 6) is -0.278. The third-order valence-corrected chi connectivity index (χ3v) is 4.74. The minimum Gasteiger partial charge on any atom is -0.372 e. The van der Waals surface area contributed by atoms with E-state index in [1.807, 2.05) is 49.1 Å². The number of halogens is 1. The molecule has 3 rings (SSSR count). The highest BCUT2D eigenvalue weighted by molar-refractivity contribution is 5.97. The highest BCUT2D eigenvalue weighted by Crippen LogP contribution is 2.16. The van der Waals surface area contributed by atoms with Gasteiger partial charge in [-0.3, -0.25) is 9.59 Å². The quantitative estimate of drug-likeness (QED) is 0.783. The molecule has 156 valence electrons. The van der Waals surface area contributed by atoms with E-state index in [4.69, 9.17) is 10.5 Å². The van der Waals surface area contributed by atoms with Crippen molar-refractivity contribution in [2.75, 3.05) is 18.4 Å². The molecule has 2 amide bonds. The molecule has 3 atom stereocenters.